The van der Waals surface area contributed by atoms with Crippen LogP contribution in [0, 0.1) is 0 Å². The van der Waals surface area contributed by atoms with E-state index in [0.717, 1.165) is 17.9 Å². The zero-order valence-corrected chi connectivity index (χ0v) is 7.70. The van der Waals surface area contributed by atoms with E-state index in [1.165, 1.54) is 0 Å². The lowest BCUT2D eigenvalue weighted by Gasteiger charge is -2.03. The molecule has 1 aromatic carbocycles. The molecule has 0 aliphatic heterocycles. The van der Waals surface area contributed by atoms with E-state index in [-0.39, 0.29) is 0 Å². The van der Waals surface area contributed by atoms with Crippen molar-refractivity contribution in [1.29, 1.82) is 0 Å². The van der Waals surface area contributed by atoms with Crippen molar-refractivity contribution in [2.75, 3.05) is 6.54 Å². The first kappa shape index (κ1) is 9.45. The molecule has 0 unspecified atom stereocenters. The Morgan fingerprint density at radius 2 is 2.08 bits per heavy atom. The molecule has 0 saturated heterocycles. The fraction of sp³-hybridized carbons (Fsp3) is 0.200. The summed E-state index contributed by atoms with van der Waals surface area (Å²) in [4.78, 5) is 4.26. The van der Waals surface area contributed by atoms with E-state index in [2.05, 4.69) is 22.2 Å². The summed E-state index contributed by atoms with van der Waals surface area (Å²) in [6.45, 7) is 6.08. The number of rotatable bonds is 3. The molecule has 0 fully saturated rings. The molecule has 0 radical (unpaired) electrons. The maximum Gasteiger partial charge on any atom is 0.148 e. The maximum atomic E-state index is 4.26. The second kappa shape index (κ2) is 5.09. The minimum Gasteiger partial charge on any atom is -0.267 e. The Hall–Kier alpha value is -1.64. The van der Waals surface area contributed by atoms with Gasteiger partial charge in [-0.05, 0) is 6.92 Å². The number of aliphatic imine (C=N–C) groups is 1. The molecule has 0 aromatic heterocycles. The normalized spacial score (nSPS) is 11.0. The van der Waals surface area contributed by atoms with Gasteiger partial charge in [0.15, 0.2) is 0 Å². The summed E-state index contributed by atoms with van der Waals surface area (Å²) in [7, 11) is 0. The van der Waals surface area contributed by atoms with Crippen molar-refractivity contribution in [3.63, 3.8) is 0 Å². The molecule has 3 nitrogen and oxygen atoms in total. The Labute approximate surface area is 78.2 Å². The number of amidine groups is 1. The Bertz CT molecular complexity index is 290. The van der Waals surface area contributed by atoms with Crippen molar-refractivity contribution in [1.82, 2.24) is 5.43 Å². The number of hydrogen-bond acceptors (Lipinski definition) is 2. The molecule has 0 amide bonds. The summed E-state index contributed by atoms with van der Waals surface area (Å²) < 4.78 is 0. The van der Waals surface area contributed by atoms with Gasteiger partial charge in [-0.1, -0.05) is 30.3 Å². The highest BCUT2D eigenvalue weighted by Crippen LogP contribution is 1.99. The second-order valence-electron chi connectivity index (χ2n) is 2.46. The molecular formula is C10H13N3. The van der Waals surface area contributed by atoms with E-state index < -0.39 is 0 Å². The van der Waals surface area contributed by atoms with Gasteiger partial charge in [0.1, 0.15) is 5.84 Å². The van der Waals surface area contributed by atoms with Crippen LogP contribution in [-0.4, -0.2) is 19.1 Å². The molecule has 68 valence electrons. The molecule has 1 rings (SSSR count). The predicted molar refractivity (Wildman–Crippen MR) is 56.2 cm³/mol. The predicted octanol–water partition coefficient (Wildman–Crippen LogP) is 1.66. The van der Waals surface area contributed by atoms with Crippen LogP contribution in [0.2, 0.25) is 0 Å². The quantitative estimate of drug-likeness (QED) is 0.423. The Kier molecular flexibility index (Phi) is 3.70. The fourth-order valence-corrected chi connectivity index (χ4v) is 1.02. The Morgan fingerprint density at radius 1 is 1.38 bits per heavy atom. The summed E-state index contributed by atoms with van der Waals surface area (Å²) in [6, 6.07) is 9.85. The third-order valence-corrected chi connectivity index (χ3v) is 1.55. The Morgan fingerprint density at radius 3 is 2.62 bits per heavy atom. The molecule has 0 saturated carbocycles. The van der Waals surface area contributed by atoms with Crippen molar-refractivity contribution >= 4 is 12.6 Å². The zero-order valence-electron chi connectivity index (χ0n) is 7.70. The topological polar surface area (TPSA) is 36.8 Å². The van der Waals surface area contributed by atoms with Gasteiger partial charge < -0.3 is 0 Å². The van der Waals surface area contributed by atoms with Gasteiger partial charge in [-0.25, -0.2) is 0 Å². The molecule has 1 N–H and O–H groups in total. The van der Waals surface area contributed by atoms with Crippen molar-refractivity contribution in [3.8, 4) is 0 Å². The molecule has 1 aromatic rings. The standard InChI is InChI=1S/C10H13N3/c1-3-12-10(13-11-2)9-7-5-4-6-8-9/h4-8H,2-3H2,1H3,(H,12,13). The van der Waals surface area contributed by atoms with Gasteiger partial charge >= 0.3 is 0 Å². The smallest absolute Gasteiger partial charge is 0.148 e. The largest absolute Gasteiger partial charge is 0.267 e. The third kappa shape index (κ3) is 2.71. The van der Waals surface area contributed by atoms with Gasteiger partial charge in [-0.3, -0.25) is 10.4 Å². The van der Waals surface area contributed by atoms with Gasteiger partial charge in [0, 0.05) is 18.8 Å². The minimum absolute atomic E-state index is 0.729. The second-order valence-corrected chi connectivity index (χ2v) is 2.46. The summed E-state index contributed by atoms with van der Waals surface area (Å²) in [5.74, 6) is 0.762. The van der Waals surface area contributed by atoms with Gasteiger partial charge in [0.25, 0.3) is 0 Å². The summed E-state index contributed by atoms with van der Waals surface area (Å²) >= 11 is 0. The monoisotopic (exact) mass is 175 g/mol. The fourth-order valence-electron chi connectivity index (χ4n) is 1.02. The van der Waals surface area contributed by atoms with Crippen molar-refractivity contribution in [2.45, 2.75) is 6.92 Å². The van der Waals surface area contributed by atoms with Crippen LogP contribution >= 0.6 is 0 Å². The lowest BCUT2D eigenvalue weighted by Crippen LogP contribution is -2.18. The molecule has 0 aliphatic rings. The number of nitrogens with zero attached hydrogens (tertiary/aromatic N) is 2. The average molecular weight is 175 g/mol. The molecule has 0 bridgehead atoms. The van der Waals surface area contributed by atoms with E-state index in [4.69, 9.17) is 0 Å². The van der Waals surface area contributed by atoms with E-state index >= 15 is 0 Å². The molecule has 3 heteroatoms. The first-order valence-electron chi connectivity index (χ1n) is 4.20. The van der Waals surface area contributed by atoms with Crippen LogP contribution < -0.4 is 5.43 Å². The molecular weight excluding hydrogens is 162 g/mol. The van der Waals surface area contributed by atoms with Gasteiger partial charge in [0.05, 0.1) is 0 Å². The molecule has 0 spiro atoms. The minimum atomic E-state index is 0.729. The van der Waals surface area contributed by atoms with E-state index in [1.54, 1.807) is 0 Å². The summed E-state index contributed by atoms with van der Waals surface area (Å²) in [6.07, 6.45) is 0. The lowest BCUT2D eigenvalue weighted by atomic mass is 10.2. The van der Waals surface area contributed by atoms with Crippen LogP contribution in [0.15, 0.2) is 40.4 Å². The summed E-state index contributed by atoms with van der Waals surface area (Å²) in [5, 5.41) is 3.60. The maximum absolute atomic E-state index is 4.26. The van der Waals surface area contributed by atoms with E-state index in [0.29, 0.717) is 0 Å². The molecule has 13 heavy (non-hydrogen) atoms. The highest BCUT2D eigenvalue weighted by atomic mass is 15.3. The van der Waals surface area contributed by atoms with E-state index in [1.807, 2.05) is 37.3 Å². The van der Waals surface area contributed by atoms with Crippen LogP contribution in [0.4, 0.5) is 0 Å². The number of benzene rings is 1. The zero-order chi connectivity index (χ0) is 9.52. The average Bonchev–Trinajstić information content (AvgIpc) is 2.19. The highest BCUT2D eigenvalue weighted by Gasteiger charge is 1.98. The number of hydrazone groups is 1. The van der Waals surface area contributed by atoms with Crippen LogP contribution in [0.25, 0.3) is 0 Å². The highest BCUT2D eigenvalue weighted by molar-refractivity contribution is 5.98. The van der Waals surface area contributed by atoms with Crippen molar-refractivity contribution in [3.05, 3.63) is 35.9 Å². The van der Waals surface area contributed by atoms with Gasteiger partial charge in [0.2, 0.25) is 0 Å². The van der Waals surface area contributed by atoms with Crippen LogP contribution in [-0.2, 0) is 0 Å². The Balaban J connectivity index is 2.89. The molecule has 0 heterocycles. The number of hydrogen-bond donors (Lipinski definition) is 1. The first-order chi connectivity index (χ1) is 6.38. The molecule has 0 atom stereocenters. The SMILES string of the molecule is C=NNC(=NCC)c1ccccc1. The number of nitrogens with one attached hydrogen (secondary N) is 1. The van der Waals surface area contributed by atoms with Crippen molar-refractivity contribution in [2.24, 2.45) is 10.1 Å². The van der Waals surface area contributed by atoms with Crippen LogP contribution in [0.3, 0.4) is 0 Å². The van der Waals surface area contributed by atoms with Crippen molar-refractivity contribution < 1.29 is 0 Å². The van der Waals surface area contributed by atoms with Gasteiger partial charge in [-0.2, -0.15) is 5.10 Å². The van der Waals surface area contributed by atoms with Gasteiger partial charge in [-0.15, -0.1) is 0 Å². The lowest BCUT2D eigenvalue weighted by molar-refractivity contribution is 1.00. The first-order valence-corrected chi connectivity index (χ1v) is 4.20. The third-order valence-electron chi connectivity index (χ3n) is 1.55. The van der Waals surface area contributed by atoms with E-state index in [9.17, 15) is 0 Å². The summed E-state index contributed by atoms with van der Waals surface area (Å²) in [5.41, 5.74) is 3.79. The molecule has 0 aliphatic carbocycles. The van der Waals surface area contributed by atoms with Crippen LogP contribution in [0.1, 0.15) is 12.5 Å². The van der Waals surface area contributed by atoms with Crippen LogP contribution in [0.5, 0.6) is 0 Å².